The van der Waals surface area contributed by atoms with Crippen molar-refractivity contribution in [3.63, 3.8) is 0 Å². The van der Waals surface area contributed by atoms with Gasteiger partial charge in [-0.3, -0.25) is 4.79 Å². The predicted octanol–water partition coefficient (Wildman–Crippen LogP) is -2.51. The summed E-state index contributed by atoms with van der Waals surface area (Å²) < 4.78 is 0. The summed E-state index contributed by atoms with van der Waals surface area (Å²) in [6, 6.07) is 0. The van der Waals surface area contributed by atoms with E-state index in [9.17, 15) is 9.59 Å². The number of carboxylic acid groups (broad SMARTS) is 1. The van der Waals surface area contributed by atoms with Crippen LogP contribution in [0.4, 0.5) is 0 Å². The van der Waals surface area contributed by atoms with Crippen molar-refractivity contribution >= 4 is 11.8 Å². The molecule has 0 aliphatic heterocycles. The Morgan fingerprint density at radius 3 is 1.73 bits per heavy atom. The van der Waals surface area contributed by atoms with Crippen molar-refractivity contribution in [2.75, 3.05) is 0 Å². The molecule has 4 unspecified atom stereocenters. The van der Waals surface area contributed by atoms with E-state index in [2.05, 4.69) is 0 Å². The SMILES string of the molecule is CCC(=O)C(O)C(O)C(O)C(O)C(=O)O. The van der Waals surface area contributed by atoms with Crippen molar-refractivity contribution in [3.05, 3.63) is 0 Å². The van der Waals surface area contributed by atoms with Crippen molar-refractivity contribution in [1.29, 1.82) is 0 Å². The van der Waals surface area contributed by atoms with E-state index in [1.165, 1.54) is 6.92 Å². The molecule has 0 saturated heterocycles. The van der Waals surface area contributed by atoms with Crippen LogP contribution in [-0.4, -0.2) is 61.7 Å². The molecule has 15 heavy (non-hydrogen) atoms. The van der Waals surface area contributed by atoms with Crippen LogP contribution in [0.25, 0.3) is 0 Å². The molecule has 0 aromatic heterocycles. The van der Waals surface area contributed by atoms with Gasteiger partial charge in [-0.25, -0.2) is 4.79 Å². The highest BCUT2D eigenvalue weighted by Gasteiger charge is 2.36. The van der Waals surface area contributed by atoms with E-state index in [1.807, 2.05) is 0 Å². The monoisotopic (exact) mass is 222 g/mol. The summed E-state index contributed by atoms with van der Waals surface area (Å²) in [4.78, 5) is 21.1. The lowest BCUT2D eigenvalue weighted by Crippen LogP contribution is -2.49. The van der Waals surface area contributed by atoms with Gasteiger partial charge < -0.3 is 25.5 Å². The number of carbonyl (C=O) groups is 2. The summed E-state index contributed by atoms with van der Waals surface area (Å²) >= 11 is 0. The molecule has 0 saturated carbocycles. The van der Waals surface area contributed by atoms with Crippen LogP contribution in [-0.2, 0) is 9.59 Å². The molecule has 0 bridgehead atoms. The van der Waals surface area contributed by atoms with Gasteiger partial charge >= 0.3 is 5.97 Å². The number of hydrogen-bond donors (Lipinski definition) is 5. The maximum absolute atomic E-state index is 10.9. The molecule has 5 N–H and O–H groups in total. The van der Waals surface area contributed by atoms with E-state index in [0.29, 0.717) is 0 Å². The number of carbonyl (C=O) groups excluding carboxylic acids is 1. The molecular weight excluding hydrogens is 208 g/mol. The van der Waals surface area contributed by atoms with Crippen LogP contribution in [0.2, 0.25) is 0 Å². The average Bonchev–Trinajstić information content (AvgIpc) is 2.23. The molecule has 0 rings (SSSR count). The first-order valence-electron chi connectivity index (χ1n) is 4.30. The fourth-order valence-electron chi connectivity index (χ4n) is 0.919. The van der Waals surface area contributed by atoms with Crippen LogP contribution in [0, 0.1) is 0 Å². The zero-order chi connectivity index (χ0) is 12.2. The Morgan fingerprint density at radius 2 is 1.40 bits per heavy atom. The van der Waals surface area contributed by atoms with Gasteiger partial charge in [0.1, 0.15) is 18.3 Å². The smallest absolute Gasteiger partial charge is 0.335 e. The van der Waals surface area contributed by atoms with Crippen molar-refractivity contribution in [2.45, 2.75) is 37.8 Å². The van der Waals surface area contributed by atoms with Gasteiger partial charge in [-0.15, -0.1) is 0 Å². The summed E-state index contributed by atoms with van der Waals surface area (Å²) in [5, 5.41) is 44.5. The quantitative estimate of drug-likeness (QED) is 0.335. The van der Waals surface area contributed by atoms with Gasteiger partial charge in [0.15, 0.2) is 11.9 Å². The predicted molar refractivity (Wildman–Crippen MR) is 47.0 cm³/mol. The molecule has 0 spiro atoms. The van der Waals surface area contributed by atoms with Crippen LogP contribution in [0.1, 0.15) is 13.3 Å². The minimum absolute atomic E-state index is 0.0753. The molecule has 0 aliphatic carbocycles. The highest BCUT2D eigenvalue weighted by Crippen LogP contribution is 2.07. The van der Waals surface area contributed by atoms with Gasteiger partial charge in [0.05, 0.1) is 0 Å². The Bertz CT molecular complexity index is 239. The van der Waals surface area contributed by atoms with Crippen molar-refractivity contribution in [1.82, 2.24) is 0 Å². The largest absolute Gasteiger partial charge is 0.479 e. The van der Waals surface area contributed by atoms with Crippen LogP contribution in [0.5, 0.6) is 0 Å². The summed E-state index contributed by atoms with van der Waals surface area (Å²) in [5.41, 5.74) is 0. The number of rotatable bonds is 6. The van der Waals surface area contributed by atoms with E-state index in [-0.39, 0.29) is 6.42 Å². The number of Topliss-reactive ketones (excluding diaryl/α,β-unsaturated/α-hetero) is 1. The van der Waals surface area contributed by atoms with E-state index in [1.54, 1.807) is 0 Å². The second-order valence-corrected chi connectivity index (χ2v) is 3.03. The zero-order valence-electron chi connectivity index (χ0n) is 8.07. The third-order valence-corrected chi connectivity index (χ3v) is 1.93. The fourth-order valence-corrected chi connectivity index (χ4v) is 0.919. The van der Waals surface area contributed by atoms with Gasteiger partial charge in [-0.2, -0.15) is 0 Å². The molecule has 88 valence electrons. The lowest BCUT2D eigenvalue weighted by atomic mass is 9.99. The Kier molecular flexibility index (Phi) is 5.37. The topological polar surface area (TPSA) is 135 Å². The summed E-state index contributed by atoms with van der Waals surface area (Å²) in [5.74, 6) is -2.50. The molecule has 0 aromatic carbocycles. The molecule has 0 aromatic rings. The standard InChI is InChI=1S/C8H14O7/c1-2-3(9)4(10)5(11)6(12)7(13)8(14)15/h4-7,10-13H,2H2,1H3,(H,14,15). The van der Waals surface area contributed by atoms with Crippen LogP contribution >= 0.6 is 0 Å². The molecule has 0 heterocycles. The molecule has 0 radical (unpaired) electrons. The minimum Gasteiger partial charge on any atom is -0.479 e. The third kappa shape index (κ3) is 3.56. The van der Waals surface area contributed by atoms with Gasteiger partial charge in [-0.05, 0) is 0 Å². The highest BCUT2D eigenvalue weighted by molar-refractivity contribution is 5.83. The second-order valence-electron chi connectivity index (χ2n) is 3.03. The Hall–Kier alpha value is -1.02. The first kappa shape index (κ1) is 14.0. The second kappa shape index (κ2) is 5.76. The van der Waals surface area contributed by atoms with Crippen molar-refractivity contribution in [3.8, 4) is 0 Å². The van der Waals surface area contributed by atoms with Gasteiger partial charge in [0.25, 0.3) is 0 Å². The van der Waals surface area contributed by atoms with Crippen LogP contribution < -0.4 is 0 Å². The molecule has 7 nitrogen and oxygen atoms in total. The zero-order valence-corrected chi connectivity index (χ0v) is 8.07. The summed E-state index contributed by atoms with van der Waals surface area (Å²) in [6.07, 6.45) is -8.37. The van der Waals surface area contributed by atoms with Crippen molar-refractivity contribution in [2.24, 2.45) is 0 Å². The number of hydrogen-bond acceptors (Lipinski definition) is 6. The van der Waals surface area contributed by atoms with E-state index < -0.39 is 36.2 Å². The lowest BCUT2D eigenvalue weighted by Gasteiger charge is -2.23. The van der Waals surface area contributed by atoms with E-state index in [4.69, 9.17) is 25.5 Å². The number of ketones is 1. The Morgan fingerprint density at radius 1 is 1.00 bits per heavy atom. The lowest BCUT2D eigenvalue weighted by molar-refractivity contribution is -0.165. The molecule has 0 amide bonds. The maximum Gasteiger partial charge on any atom is 0.335 e. The fraction of sp³-hybridized carbons (Fsp3) is 0.750. The average molecular weight is 222 g/mol. The summed E-state index contributed by atoms with van der Waals surface area (Å²) in [7, 11) is 0. The molecule has 4 atom stereocenters. The maximum atomic E-state index is 10.9. The first-order valence-corrected chi connectivity index (χ1v) is 4.30. The van der Waals surface area contributed by atoms with E-state index >= 15 is 0 Å². The highest BCUT2D eigenvalue weighted by atomic mass is 16.4. The minimum atomic E-state index is -2.25. The van der Waals surface area contributed by atoms with Crippen molar-refractivity contribution < 1.29 is 35.1 Å². The summed E-state index contributed by atoms with van der Waals surface area (Å²) in [6.45, 7) is 1.43. The third-order valence-electron chi connectivity index (χ3n) is 1.93. The first-order chi connectivity index (χ1) is 6.82. The molecule has 7 heteroatoms. The molecule has 0 fully saturated rings. The number of aliphatic carboxylic acids is 1. The van der Waals surface area contributed by atoms with Gasteiger partial charge in [-0.1, -0.05) is 6.92 Å². The molecule has 0 aliphatic rings. The Balaban J connectivity index is 4.49. The number of carboxylic acids is 1. The van der Waals surface area contributed by atoms with Gasteiger partial charge in [0.2, 0.25) is 0 Å². The normalized spacial score (nSPS) is 19.0. The van der Waals surface area contributed by atoms with E-state index in [0.717, 1.165) is 0 Å². The number of aliphatic hydroxyl groups excluding tert-OH is 4. The number of aliphatic hydroxyl groups is 4. The Labute approximate surface area is 85.6 Å². The van der Waals surface area contributed by atoms with Gasteiger partial charge in [0, 0.05) is 6.42 Å². The van der Waals surface area contributed by atoms with Crippen LogP contribution in [0.15, 0.2) is 0 Å². The van der Waals surface area contributed by atoms with Crippen LogP contribution in [0.3, 0.4) is 0 Å². The molecular formula is C8H14O7.